The van der Waals surface area contributed by atoms with Crippen molar-refractivity contribution < 1.29 is 9.47 Å². The van der Waals surface area contributed by atoms with Gasteiger partial charge < -0.3 is 14.8 Å². The molecule has 1 heterocycles. The van der Waals surface area contributed by atoms with Gasteiger partial charge in [0.2, 0.25) is 0 Å². The quantitative estimate of drug-likeness (QED) is 0.851. The number of methoxy groups -OCH3 is 1. The Morgan fingerprint density at radius 3 is 2.75 bits per heavy atom. The van der Waals surface area contributed by atoms with Gasteiger partial charge in [-0.05, 0) is 37.5 Å². The summed E-state index contributed by atoms with van der Waals surface area (Å²) >= 11 is 0. The molecule has 0 radical (unpaired) electrons. The summed E-state index contributed by atoms with van der Waals surface area (Å²) in [6.07, 6.45) is 2.13. The van der Waals surface area contributed by atoms with Crippen LogP contribution in [0.25, 0.3) is 0 Å². The second kappa shape index (κ2) is 5.21. The smallest absolute Gasteiger partial charge is 0.141 e. The summed E-state index contributed by atoms with van der Waals surface area (Å²) in [5.74, 6) is 0.914. The zero-order valence-electron chi connectivity index (χ0n) is 9.95. The predicted molar refractivity (Wildman–Crippen MR) is 65.2 cm³/mol. The lowest BCUT2D eigenvalue weighted by Gasteiger charge is -2.25. The number of hydrogen-bond acceptors (Lipinski definition) is 3. The van der Waals surface area contributed by atoms with E-state index in [0.29, 0.717) is 6.04 Å². The Morgan fingerprint density at radius 1 is 1.31 bits per heavy atom. The highest BCUT2D eigenvalue weighted by atomic mass is 16.5. The highest BCUT2D eigenvalue weighted by Crippen LogP contribution is 2.27. The number of ether oxygens (including phenoxy) is 2. The fourth-order valence-electron chi connectivity index (χ4n) is 2.00. The predicted octanol–water partition coefficient (Wildman–Crippen LogP) is 2.59. The highest BCUT2D eigenvalue weighted by molar-refractivity contribution is 5.58. The van der Waals surface area contributed by atoms with Crippen LogP contribution >= 0.6 is 0 Å². The number of rotatable bonds is 3. The molecule has 1 N–H and O–H groups in total. The molecule has 16 heavy (non-hydrogen) atoms. The summed E-state index contributed by atoms with van der Waals surface area (Å²) in [5.41, 5.74) is 2.34. The first-order chi connectivity index (χ1) is 7.79. The largest absolute Gasteiger partial charge is 0.495 e. The molecule has 0 amide bonds. The minimum atomic E-state index is 0.504. The van der Waals surface area contributed by atoms with Crippen LogP contribution in [0.5, 0.6) is 5.75 Å². The van der Waals surface area contributed by atoms with Crippen molar-refractivity contribution in [1.29, 1.82) is 0 Å². The summed E-state index contributed by atoms with van der Waals surface area (Å²) in [6, 6.07) is 6.71. The molecule has 1 aromatic carbocycles. The van der Waals surface area contributed by atoms with Crippen molar-refractivity contribution in [2.75, 3.05) is 25.6 Å². The zero-order valence-corrected chi connectivity index (χ0v) is 9.95. The highest BCUT2D eigenvalue weighted by Gasteiger charge is 2.15. The fourth-order valence-corrected chi connectivity index (χ4v) is 2.00. The molecule has 3 heteroatoms. The maximum Gasteiger partial charge on any atom is 0.141 e. The lowest BCUT2D eigenvalue weighted by Crippen LogP contribution is -2.28. The van der Waals surface area contributed by atoms with E-state index in [2.05, 4.69) is 24.4 Å². The van der Waals surface area contributed by atoms with Crippen molar-refractivity contribution in [1.82, 2.24) is 0 Å². The molecular weight excluding hydrogens is 202 g/mol. The second-order valence-electron chi connectivity index (χ2n) is 4.23. The number of nitrogens with one attached hydrogen (secondary N) is 1. The van der Waals surface area contributed by atoms with Gasteiger partial charge in [-0.1, -0.05) is 6.07 Å². The van der Waals surface area contributed by atoms with Crippen molar-refractivity contribution in [3.8, 4) is 5.75 Å². The summed E-state index contributed by atoms with van der Waals surface area (Å²) in [4.78, 5) is 0. The van der Waals surface area contributed by atoms with Crippen molar-refractivity contribution in [3.63, 3.8) is 0 Å². The Kier molecular flexibility index (Phi) is 3.67. The monoisotopic (exact) mass is 221 g/mol. The molecule has 0 unspecified atom stereocenters. The Balaban J connectivity index is 2.09. The van der Waals surface area contributed by atoms with Crippen LogP contribution < -0.4 is 10.1 Å². The lowest BCUT2D eigenvalue weighted by atomic mass is 10.1. The Hall–Kier alpha value is -1.22. The number of anilines is 1. The topological polar surface area (TPSA) is 30.5 Å². The summed E-state index contributed by atoms with van der Waals surface area (Å²) in [5, 5.41) is 3.54. The first-order valence-corrected chi connectivity index (χ1v) is 5.78. The molecule has 1 saturated heterocycles. The summed E-state index contributed by atoms with van der Waals surface area (Å²) in [6.45, 7) is 3.80. The second-order valence-corrected chi connectivity index (χ2v) is 4.23. The van der Waals surface area contributed by atoms with Crippen LogP contribution in [0.4, 0.5) is 5.69 Å². The molecule has 0 atom stereocenters. The third kappa shape index (κ3) is 2.67. The minimum Gasteiger partial charge on any atom is -0.495 e. The SMILES string of the molecule is COc1ccc(C)cc1NC1CCOCC1. The molecular formula is C13H19NO2. The molecule has 0 spiro atoms. The third-order valence-electron chi connectivity index (χ3n) is 2.94. The Labute approximate surface area is 96.8 Å². The zero-order chi connectivity index (χ0) is 11.4. The van der Waals surface area contributed by atoms with Gasteiger partial charge in [0.15, 0.2) is 0 Å². The molecule has 0 aliphatic carbocycles. The van der Waals surface area contributed by atoms with Crippen LogP contribution in [0.2, 0.25) is 0 Å². The van der Waals surface area contributed by atoms with E-state index in [1.54, 1.807) is 7.11 Å². The fraction of sp³-hybridized carbons (Fsp3) is 0.538. The van der Waals surface area contributed by atoms with E-state index in [-0.39, 0.29) is 0 Å². The molecule has 0 bridgehead atoms. The molecule has 1 aromatic rings. The van der Waals surface area contributed by atoms with Crippen LogP contribution in [0.3, 0.4) is 0 Å². The Bertz CT molecular complexity index is 346. The maximum absolute atomic E-state index is 5.35. The first kappa shape index (κ1) is 11.3. The lowest BCUT2D eigenvalue weighted by molar-refractivity contribution is 0.0904. The first-order valence-electron chi connectivity index (χ1n) is 5.78. The summed E-state index contributed by atoms with van der Waals surface area (Å²) in [7, 11) is 1.71. The van der Waals surface area contributed by atoms with Gasteiger partial charge >= 0.3 is 0 Å². The maximum atomic E-state index is 5.35. The van der Waals surface area contributed by atoms with Gasteiger partial charge in [-0.15, -0.1) is 0 Å². The molecule has 1 aliphatic heterocycles. The van der Waals surface area contributed by atoms with Crippen molar-refractivity contribution in [2.24, 2.45) is 0 Å². The van der Waals surface area contributed by atoms with E-state index in [9.17, 15) is 0 Å². The van der Waals surface area contributed by atoms with Gasteiger partial charge in [-0.25, -0.2) is 0 Å². The van der Waals surface area contributed by atoms with E-state index in [0.717, 1.165) is 37.5 Å². The van der Waals surface area contributed by atoms with Crippen LogP contribution in [0, 0.1) is 6.92 Å². The van der Waals surface area contributed by atoms with Crippen LogP contribution in [0.1, 0.15) is 18.4 Å². The molecule has 2 rings (SSSR count). The van der Waals surface area contributed by atoms with Gasteiger partial charge in [-0.2, -0.15) is 0 Å². The molecule has 0 aromatic heterocycles. The van der Waals surface area contributed by atoms with Gasteiger partial charge in [-0.3, -0.25) is 0 Å². The van der Waals surface area contributed by atoms with Gasteiger partial charge in [0.25, 0.3) is 0 Å². The van der Waals surface area contributed by atoms with E-state index < -0.39 is 0 Å². The number of benzene rings is 1. The van der Waals surface area contributed by atoms with Gasteiger partial charge in [0, 0.05) is 19.3 Å². The van der Waals surface area contributed by atoms with Crippen molar-refractivity contribution in [3.05, 3.63) is 23.8 Å². The normalized spacial score (nSPS) is 17.1. The van der Waals surface area contributed by atoms with Crippen molar-refractivity contribution >= 4 is 5.69 Å². The number of aryl methyl sites for hydroxylation is 1. The van der Waals surface area contributed by atoms with Gasteiger partial charge in [0.1, 0.15) is 5.75 Å². The van der Waals surface area contributed by atoms with E-state index in [1.807, 2.05) is 6.07 Å². The van der Waals surface area contributed by atoms with Crippen LogP contribution in [0.15, 0.2) is 18.2 Å². The molecule has 3 nitrogen and oxygen atoms in total. The van der Waals surface area contributed by atoms with Crippen LogP contribution in [-0.4, -0.2) is 26.4 Å². The van der Waals surface area contributed by atoms with E-state index in [1.165, 1.54) is 5.56 Å². The molecule has 0 saturated carbocycles. The molecule has 1 aliphatic rings. The average Bonchev–Trinajstić information content (AvgIpc) is 2.31. The molecule has 88 valence electrons. The third-order valence-corrected chi connectivity index (χ3v) is 2.94. The van der Waals surface area contributed by atoms with Crippen LogP contribution in [-0.2, 0) is 4.74 Å². The summed E-state index contributed by atoms with van der Waals surface area (Å²) < 4.78 is 10.7. The minimum absolute atomic E-state index is 0.504. The van der Waals surface area contributed by atoms with Crippen molar-refractivity contribution in [2.45, 2.75) is 25.8 Å². The molecule has 1 fully saturated rings. The van der Waals surface area contributed by atoms with Gasteiger partial charge in [0.05, 0.1) is 12.8 Å². The standard InChI is InChI=1S/C13H19NO2/c1-10-3-4-13(15-2)12(9-10)14-11-5-7-16-8-6-11/h3-4,9,11,14H,5-8H2,1-2H3. The average molecular weight is 221 g/mol. The number of hydrogen-bond donors (Lipinski definition) is 1. The van der Waals surface area contributed by atoms with E-state index in [4.69, 9.17) is 9.47 Å². The Morgan fingerprint density at radius 2 is 2.06 bits per heavy atom. The van der Waals surface area contributed by atoms with E-state index >= 15 is 0 Å².